The highest BCUT2D eigenvalue weighted by atomic mass is 79.9. The minimum Gasteiger partial charge on any atom is -0.330 e. The van der Waals surface area contributed by atoms with Crippen LogP contribution in [0.3, 0.4) is 0 Å². The van der Waals surface area contributed by atoms with Crippen LogP contribution in [0.2, 0.25) is 0 Å². The summed E-state index contributed by atoms with van der Waals surface area (Å²) in [5.74, 6) is 1.14. The lowest BCUT2D eigenvalue weighted by molar-refractivity contribution is 0.319. The molecule has 2 aromatic rings. The lowest BCUT2D eigenvalue weighted by Crippen LogP contribution is -2.22. The molecule has 0 spiro atoms. The van der Waals surface area contributed by atoms with Gasteiger partial charge in [0.05, 0.1) is 0 Å². The monoisotopic (exact) mass is 350 g/mol. The normalized spacial score (nSPS) is 23.3. The predicted octanol–water partition coefficient (Wildman–Crippen LogP) is 3.68. The fourth-order valence-electron chi connectivity index (χ4n) is 3.06. The molecule has 0 bridgehead atoms. The predicted molar refractivity (Wildman–Crippen MR) is 89.0 cm³/mol. The van der Waals surface area contributed by atoms with Gasteiger partial charge < -0.3 is 5.73 Å². The first kappa shape index (κ1) is 14.3. The third-order valence-corrected chi connectivity index (χ3v) is 5.73. The second kappa shape index (κ2) is 6.39. The Balaban J connectivity index is 1.71. The van der Waals surface area contributed by atoms with Gasteiger partial charge in [-0.2, -0.15) is 0 Å². The third-order valence-electron chi connectivity index (χ3n) is 4.05. The van der Waals surface area contributed by atoms with E-state index in [-0.39, 0.29) is 0 Å². The molecule has 20 heavy (non-hydrogen) atoms. The van der Waals surface area contributed by atoms with Crippen LogP contribution < -0.4 is 5.73 Å². The van der Waals surface area contributed by atoms with E-state index >= 15 is 0 Å². The Bertz CT molecular complexity index is 555. The number of benzene rings is 1. The van der Waals surface area contributed by atoms with Crippen molar-refractivity contribution in [3.63, 3.8) is 0 Å². The van der Waals surface area contributed by atoms with E-state index in [1.54, 1.807) is 0 Å². The molecule has 0 radical (unpaired) electrons. The van der Waals surface area contributed by atoms with Gasteiger partial charge in [0, 0.05) is 40.3 Å². The van der Waals surface area contributed by atoms with Crippen molar-refractivity contribution in [1.82, 2.24) is 4.90 Å². The van der Waals surface area contributed by atoms with Gasteiger partial charge in [-0.05, 0) is 40.0 Å². The van der Waals surface area contributed by atoms with E-state index < -0.39 is 0 Å². The number of thiophene rings is 1. The largest absolute Gasteiger partial charge is 0.330 e. The molecule has 1 aromatic carbocycles. The van der Waals surface area contributed by atoms with Crippen molar-refractivity contribution >= 4 is 27.3 Å². The maximum absolute atomic E-state index is 5.99. The number of nitrogens with zero attached hydrogens (tertiary/aromatic N) is 1. The maximum atomic E-state index is 5.99. The van der Waals surface area contributed by atoms with E-state index in [0.29, 0.717) is 11.8 Å². The molecule has 2 atom stereocenters. The number of nitrogens with two attached hydrogens (primary N) is 1. The zero-order valence-corrected chi connectivity index (χ0v) is 13.7. The van der Waals surface area contributed by atoms with Gasteiger partial charge in [0.1, 0.15) is 0 Å². The summed E-state index contributed by atoms with van der Waals surface area (Å²) >= 11 is 5.35. The lowest BCUT2D eigenvalue weighted by Gasteiger charge is -2.16. The van der Waals surface area contributed by atoms with Gasteiger partial charge in [0.15, 0.2) is 0 Å². The van der Waals surface area contributed by atoms with Crippen molar-refractivity contribution < 1.29 is 0 Å². The number of rotatable bonds is 4. The van der Waals surface area contributed by atoms with E-state index in [2.05, 4.69) is 62.6 Å². The Morgan fingerprint density at radius 2 is 2.05 bits per heavy atom. The topological polar surface area (TPSA) is 29.3 Å². The van der Waals surface area contributed by atoms with Crippen LogP contribution in [-0.4, -0.2) is 24.5 Å². The summed E-state index contributed by atoms with van der Waals surface area (Å²) in [6.45, 7) is 4.02. The summed E-state index contributed by atoms with van der Waals surface area (Å²) in [7, 11) is 0. The zero-order valence-electron chi connectivity index (χ0n) is 11.3. The number of halogens is 1. The van der Waals surface area contributed by atoms with Crippen molar-refractivity contribution in [2.45, 2.75) is 12.5 Å². The summed E-state index contributed by atoms with van der Waals surface area (Å²) in [6.07, 6.45) is 0. The molecule has 4 heteroatoms. The third kappa shape index (κ3) is 3.14. The minimum absolute atomic E-state index is 0.570. The summed E-state index contributed by atoms with van der Waals surface area (Å²) in [5.41, 5.74) is 7.42. The molecule has 0 unspecified atom stereocenters. The van der Waals surface area contributed by atoms with Crippen molar-refractivity contribution in [2.75, 3.05) is 19.6 Å². The molecular weight excluding hydrogens is 332 g/mol. The van der Waals surface area contributed by atoms with Crippen molar-refractivity contribution in [1.29, 1.82) is 0 Å². The zero-order chi connectivity index (χ0) is 13.9. The molecule has 0 aliphatic carbocycles. The quantitative estimate of drug-likeness (QED) is 0.910. The van der Waals surface area contributed by atoms with Crippen LogP contribution in [0.1, 0.15) is 16.4 Å². The first-order valence-corrected chi connectivity index (χ1v) is 8.64. The van der Waals surface area contributed by atoms with Crippen LogP contribution in [0, 0.1) is 5.92 Å². The Hall–Kier alpha value is -0.680. The highest BCUT2D eigenvalue weighted by molar-refractivity contribution is 9.10. The van der Waals surface area contributed by atoms with E-state index in [1.165, 1.54) is 14.9 Å². The molecule has 2 N–H and O–H groups in total. The van der Waals surface area contributed by atoms with Crippen molar-refractivity contribution in [2.24, 2.45) is 11.7 Å². The standard InChI is InChI=1S/C16H19BrN2S/c17-14-6-15(20-11-14)9-19-8-13(7-18)16(10-19)12-4-2-1-3-5-12/h1-6,11,13,16H,7-10,18H2/t13-,16+/m1/s1. The number of hydrogen-bond donors (Lipinski definition) is 1. The van der Waals surface area contributed by atoms with Crippen LogP contribution in [-0.2, 0) is 6.54 Å². The van der Waals surface area contributed by atoms with Gasteiger partial charge in [-0.1, -0.05) is 30.3 Å². The summed E-state index contributed by atoms with van der Waals surface area (Å²) in [5, 5.41) is 2.15. The summed E-state index contributed by atoms with van der Waals surface area (Å²) in [4.78, 5) is 3.95. The smallest absolute Gasteiger partial charge is 0.0328 e. The first-order valence-electron chi connectivity index (χ1n) is 6.96. The second-order valence-corrected chi connectivity index (χ2v) is 7.35. The second-order valence-electron chi connectivity index (χ2n) is 5.44. The summed E-state index contributed by atoms with van der Waals surface area (Å²) < 4.78 is 1.19. The van der Waals surface area contributed by atoms with Crippen LogP contribution >= 0.6 is 27.3 Å². The van der Waals surface area contributed by atoms with E-state index in [9.17, 15) is 0 Å². The maximum Gasteiger partial charge on any atom is 0.0328 e. The molecule has 1 aliphatic rings. The van der Waals surface area contributed by atoms with Gasteiger partial charge in [0.2, 0.25) is 0 Å². The average molecular weight is 351 g/mol. The number of hydrogen-bond acceptors (Lipinski definition) is 3. The molecule has 1 fully saturated rings. The highest BCUT2D eigenvalue weighted by Gasteiger charge is 2.32. The average Bonchev–Trinajstić information content (AvgIpc) is 3.06. The molecule has 1 aromatic heterocycles. The van der Waals surface area contributed by atoms with Crippen LogP contribution in [0.4, 0.5) is 0 Å². The SMILES string of the molecule is NC[C@@H]1CN(Cc2cc(Br)cs2)C[C@H]1c1ccccc1. The molecule has 1 aliphatic heterocycles. The molecule has 2 heterocycles. The van der Waals surface area contributed by atoms with E-state index in [4.69, 9.17) is 5.73 Å². The molecule has 2 nitrogen and oxygen atoms in total. The minimum atomic E-state index is 0.570. The Kier molecular flexibility index (Phi) is 4.56. The van der Waals surface area contributed by atoms with Crippen molar-refractivity contribution in [3.8, 4) is 0 Å². The molecule has 3 rings (SSSR count). The van der Waals surface area contributed by atoms with Gasteiger partial charge in [0.25, 0.3) is 0 Å². The first-order chi connectivity index (χ1) is 9.76. The fraction of sp³-hybridized carbons (Fsp3) is 0.375. The van der Waals surface area contributed by atoms with E-state index in [1.807, 2.05) is 11.3 Å². The van der Waals surface area contributed by atoms with Crippen LogP contribution in [0.5, 0.6) is 0 Å². The number of likely N-dealkylation sites (tertiary alicyclic amines) is 1. The van der Waals surface area contributed by atoms with Gasteiger partial charge >= 0.3 is 0 Å². The molecule has 0 saturated carbocycles. The molecule has 1 saturated heterocycles. The Morgan fingerprint density at radius 3 is 2.70 bits per heavy atom. The Labute approximate surface area is 132 Å². The Morgan fingerprint density at radius 1 is 1.25 bits per heavy atom. The lowest BCUT2D eigenvalue weighted by atomic mass is 9.89. The van der Waals surface area contributed by atoms with Gasteiger partial charge in [-0.3, -0.25) is 4.90 Å². The van der Waals surface area contributed by atoms with Crippen LogP contribution in [0.15, 0.2) is 46.3 Å². The van der Waals surface area contributed by atoms with Crippen LogP contribution in [0.25, 0.3) is 0 Å². The molecule has 106 valence electrons. The van der Waals surface area contributed by atoms with Crippen molar-refractivity contribution in [3.05, 3.63) is 56.7 Å². The highest BCUT2D eigenvalue weighted by Crippen LogP contribution is 2.33. The molecule has 0 amide bonds. The molecular formula is C16H19BrN2S. The fourth-order valence-corrected chi connectivity index (χ4v) is 4.56. The van der Waals surface area contributed by atoms with E-state index in [0.717, 1.165) is 26.2 Å². The summed E-state index contributed by atoms with van der Waals surface area (Å²) in [6, 6.07) is 13.0. The van der Waals surface area contributed by atoms with Gasteiger partial charge in [-0.25, -0.2) is 0 Å². The van der Waals surface area contributed by atoms with Gasteiger partial charge in [-0.15, -0.1) is 11.3 Å².